The highest BCUT2D eigenvalue weighted by atomic mass is 19.1. The molecule has 2 aromatic carbocycles. The van der Waals surface area contributed by atoms with E-state index in [-0.39, 0.29) is 11.9 Å². The van der Waals surface area contributed by atoms with Gasteiger partial charge >= 0.3 is 0 Å². The summed E-state index contributed by atoms with van der Waals surface area (Å²) in [5.41, 5.74) is 3.00. The summed E-state index contributed by atoms with van der Waals surface area (Å²) < 4.78 is 14.1. The summed E-state index contributed by atoms with van der Waals surface area (Å²) in [6.07, 6.45) is 5.51. The summed E-state index contributed by atoms with van der Waals surface area (Å²) in [6.45, 7) is 0. The highest BCUT2D eigenvalue weighted by molar-refractivity contribution is 5.60. The van der Waals surface area contributed by atoms with E-state index in [2.05, 4.69) is 29.6 Å². The van der Waals surface area contributed by atoms with Gasteiger partial charge in [-0.25, -0.2) is 4.39 Å². The quantitative estimate of drug-likeness (QED) is 0.740. The molecule has 0 fully saturated rings. The molecule has 0 radical (unpaired) electrons. The van der Waals surface area contributed by atoms with E-state index in [0.29, 0.717) is 17.5 Å². The fraction of sp³-hybridized carbons (Fsp3) is 0.222. The van der Waals surface area contributed by atoms with Crippen LogP contribution >= 0.6 is 0 Å². The van der Waals surface area contributed by atoms with Gasteiger partial charge in [-0.15, -0.1) is 0 Å². The van der Waals surface area contributed by atoms with Crippen molar-refractivity contribution >= 4 is 5.69 Å². The highest BCUT2D eigenvalue weighted by Crippen LogP contribution is 2.50. The number of halogens is 1. The van der Waals surface area contributed by atoms with E-state index >= 15 is 0 Å². The van der Waals surface area contributed by atoms with Crippen LogP contribution in [0, 0.1) is 11.7 Å². The Kier molecular flexibility index (Phi) is 2.62. The first kappa shape index (κ1) is 11.7. The van der Waals surface area contributed by atoms with Crippen molar-refractivity contribution in [2.24, 2.45) is 5.92 Å². The van der Waals surface area contributed by atoms with E-state index in [0.717, 1.165) is 12.0 Å². The summed E-state index contributed by atoms with van der Waals surface area (Å²) in [5.74, 6) is 0.654. The summed E-state index contributed by atoms with van der Waals surface area (Å²) in [4.78, 5) is 0. The van der Waals surface area contributed by atoms with Gasteiger partial charge in [-0.3, -0.25) is 0 Å². The van der Waals surface area contributed by atoms with E-state index < -0.39 is 0 Å². The van der Waals surface area contributed by atoms with Crippen molar-refractivity contribution in [3.05, 3.63) is 77.6 Å². The lowest BCUT2D eigenvalue weighted by atomic mass is 9.77. The fourth-order valence-electron chi connectivity index (χ4n) is 3.57. The highest BCUT2D eigenvalue weighted by Gasteiger charge is 2.38. The predicted molar refractivity (Wildman–Crippen MR) is 79.2 cm³/mol. The van der Waals surface area contributed by atoms with Crippen molar-refractivity contribution in [1.82, 2.24) is 0 Å². The Balaban J connectivity index is 1.83. The molecule has 2 aromatic rings. The molecule has 0 saturated heterocycles. The van der Waals surface area contributed by atoms with Crippen molar-refractivity contribution in [3.8, 4) is 0 Å². The number of allylic oxidation sites excluding steroid dienone is 2. The molecular formula is C18H16FN. The molecule has 1 nitrogen and oxygen atoms in total. The van der Waals surface area contributed by atoms with Crippen molar-refractivity contribution in [1.29, 1.82) is 0 Å². The maximum absolute atomic E-state index is 14.1. The van der Waals surface area contributed by atoms with Crippen LogP contribution in [0.25, 0.3) is 0 Å². The number of nitrogens with one attached hydrogen (secondary N) is 1. The van der Waals surface area contributed by atoms with Crippen LogP contribution in [-0.4, -0.2) is 0 Å². The minimum absolute atomic E-state index is 0.151. The van der Waals surface area contributed by atoms with E-state index in [1.807, 2.05) is 30.3 Å². The summed E-state index contributed by atoms with van der Waals surface area (Å²) >= 11 is 0. The normalized spacial score (nSPS) is 26.8. The third-order valence-corrected chi connectivity index (χ3v) is 4.50. The number of fused-ring (bicyclic) bond motifs is 3. The molecule has 0 bridgehead atoms. The molecule has 0 saturated carbocycles. The average Bonchev–Trinajstić information content (AvgIpc) is 2.97. The van der Waals surface area contributed by atoms with Gasteiger partial charge in [0.2, 0.25) is 0 Å². The monoisotopic (exact) mass is 265 g/mol. The SMILES string of the molecule is Fc1cccc2c1N[C@H](c1ccccc1)[C@H]1CC=C[C@@H]21. The van der Waals surface area contributed by atoms with Gasteiger partial charge in [0.1, 0.15) is 5.82 Å². The molecule has 0 spiro atoms. The average molecular weight is 265 g/mol. The first-order valence-corrected chi connectivity index (χ1v) is 7.11. The van der Waals surface area contributed by atoms with Gasteiger partial charge in [-0.2, -0.15) is 0 Å². The molecule has 1 aliphatic carbocycles. The third kappa shape index (κ3) is 1.68. The Morgan fingerprint density at radius 1 is 1.00 bits per heavy atom. The Morgan fingerprint density at radius 2 is 1.85 bits per heavy atom. The number of hydrogen-bond donors (Lipinski definition) is 1. The zero-order valence-electron chi connectivity index (χ0n) is 11.1. The van der Waals surface area contributed by atoms with E-state index in [1.54, 1.807) is 0 Å². The second-order valence-electron chi connectivity index (χ2n) is 5.59. The molecule has 3 atom stereocenters. The standard InChI is InChI=1S/C18H16FN/c19-16-11-5-10-15-13-8-4-9-14(13)17(20-18(15)16)12-6-2-1-3-7-12/h1-8,10-11,13-14,17,20H,9H2/t13-,14+,17-/m1/s1. The van der Waals surface area contributed by atoms with E-state index in [9.17, 15) is 4.39 Å². The molecular weight excluding hydrogens is 249 g/mol. The number of benzene rings is 2. The smallest absolute Gasteiger partial charge is 0.146 e. The van der Waals surface area contributed by atoms with Crippen LogP contribution in [0.3, 0.4) is 0 Å². The zero-order chi connectivity index (χ0) is 13.5. The van der Waals surface area contributed by atoms with Crippen molar-refractivity contribution in [2.75, 3.05) is 5.32 Å². The van der Waals surface area contributed by atoms with E-state index in [1.165, 1.54) is 11.6 Å². The lowest BCUT2D eigenvalue weighted by Gasteiger charge is -2.37. The molecule has 0 amide bonds. The minimum atomic E-state index is -0.151. The van der Waals surface area contributed by atoms with Gasteiger partial charge in [0.15, 0.2) is 0 Å². The summed E-state index contributed by atoms with van der Waals surface area (Å²) in [7, 11) is 0. The lowest BCUT2D eigenvalue weighted by Crippen LogP contribution is -2.29. The molecule has 20 heavy (non-hydrogen) atoms. The van der Waals surface area contributed by atoms with Crippen molar-refractivity contribution < 1.29 is 4.39 Å². The van der Waals surface area contributed by atoms with Gasteiger partial charge in [0.25, 0.3) is 0 Å². The maximum Gasteiger partial charge on any atom is 0.146 e. The molecule has 0 aromatic heterocycles. The summed E-state index contributed by atoms with van der Waals surface area (Å²) in [6, 6.07) is 15.9. The topological polar surface area (TPSA) is 12.0 Å². The van der Waals surface area contributed by atoms with Crippen LogP contribution in [0.2, 0.25) is 0 Å². The fourth-order valence-corrected chi connectivity index (χ4v) is 3.57. The van der Waals surface area contributed by atoms with Crippen LogP contribution in [0.15, 0.2) is 60.7 Å². The second kappa shape index (κ2) is 4.48. The molecule has 1 heterocycles. The Morgan fingerprint density at radius 3 is 2.70 bits per heavy atom. The van der Waals surface area contributed by atoms with Crippen molar-refractivity contribution in [3.63, 3.8) is 0 Å². The third-order valence-electron chi connectivity index (χ3n) is 4.50. The van der Waals surface area contributed by atoms with Crippen LogP contribution in [0.4, 0.5) is 10.1 Å². The van der Waals surface area contributed by atoms with Crippen molar-refractivity contribution in [2.45, 2.75) is 18.4 Å². The van der Waals surface area contributed by atoms with Crippen LogP contribution in [0.5, 0.6) is 0 Å². The van der Waals surface area contributed by atoms with Crippen LogP contribution in [-0.2, 0) is 0 Å². The van der Waals surface area contributed by atoms with Crippen LogP contribution in [0.1, 0.15) is 29.5 Å². The van der Waals surface area contributed by atoms with Gasteiger partial charge in [-0.1, -0.05) is 54.6 Å². The largest absolute Gasteiger partial charge is 0.375 e. The maximum atomic E-state index is 14.1. The Labute approximate surface area is 118 Å². The van der Waals surface area contributed by atoms with E-state index in [4.69, 9.17) is 0 Å². The predicted octanol–water partition coefficient (Wildman–Crippen LogP) is 4.65. The van der Waals surface area contributed by atoms with Gasteiger partial charge < -0.3 is 5.32 Å². The second-order valence-corrected chi connectivity index (χ2v) is 5.59. The van der Waals surface area contributed by atoms with Crippen LogP contribution < -0.4 is 5.32 Å². The minimum Gasteiger partial charge on any atom is -0.375 e. The molecule has 0 unspecified atom stereocenters. The number of hydrogen-bond acceptors (Lipinski definition) is 1. The molecule has 2 aliphatic rings. The Hall–Kier alpha value is -2.09. The first-order chi connectivity index (χ1) is 9.84. The molecule has 100 valence electrons. The summed E-state index contributed by atoms with van der Waals surface area (Å²) in [5, 5.41) is 3.44. The molecule has 1 aliphatic heterocycles. The van der Waals surface area contributed by atoms with Gasteiger partial charge in [-0.05, 0) is 29.5 Å². The number of anilines is 1. The van der Waals surface area contributed by atoms with Gasteiger partial charge in [0.05, 0.1) is 11.7 Å². The first-order valence-electron chi connectivity index (χ1n) is 7.11. The number of para-hydroxylation sites is 1. The molecule has 2 heteroatoms. The van der Waals surface area contributed by atoms with Gasteiger partial charge in [0, 0.05) is 5.92 Å². The Bertz CT molecular complexity index is 662. The lowest BCUT2D eigenvalue weighted by molar-refractivity contribution is 0.421. The molecule has 1 N–H and O–H groups in total. The zero-order valence-corrected chi connectivity index (χ0v) is 11.1. The molecule has 4 rings (SSSR count). The number of rotatable bonds is 1.